The number of rotatable bonds is 4. The molecule has 2 aliphatic rings. The molecule has 1 amide bonds. The zero-order valence-electron chi connectivity index (χ0n) is 18.4. The fourth-order valence-corrected chi connectivity index (χ4v) is 4.87. The number of ether oxygens (including phenoxy) is 1. The van der Waals surface area contributed by atoms with Crippen LogP contribution in [0.5, 0.6) is 5.75 Å². The number of halogens is 2. The van der Waals surface area contributed by atoms with Crippen molar-refractivity contribution in [3.05, 3.63) is 64.7 Å². The summed E-state index contributed by atoms with van der Waals surface area (Å²) >= 11 is 6.21. The number of methoxy groups -OCH3 is 1. The molecule has 0 unspecified atom stereocenters. The number of benzene rings is 2. The lowest BCUT2D eigenvalue weighted by Gasteiger charge is -2.41. The number of hydrogen-bond acceptors (Lipinski definition) is 5. The summed E-state index contributed by atoms with van der Waals surface area (Å²) in [6, 6.07) is 12.1. The summed E-state index contributed by atoms with van der Waals surface area (Å²) in [6.07, 6.45) is 2.22. The van der Waals surface area contributed by atoms with Crippen LogP contribution in [0.2, 0.25) is 5.02 Å². The fraction of sp³-hybridized carbons (Fsp3) is 0.375. The maximum atomic E-state index is 13.3. The quantitative estimate of drug-likeness (QED) is 0.633. The molecule has 0 radical (unpaired) electrons. The molecule has 1 spiro atoms. The van der Waals surface area contributed by atoms with Crippen LogP contribution in [0, 0.1) is 5.82 Å². The molecule has 2 aliphatic heterocycles. The molecule has 0 bridgehead atoms. The third kappa shape index (κ3) is 4.58. The van der Waals surface area contributed by atoms with E-state index in [4.69, 9.17) is 21.3 Å². The molecule has 5 rings (SSSR count). The van der Waals surface area contributed by atoms with Gasteiger partial charge in [-0.25, -0.2) is 14.1 Å². The van der Waals surface area contributed by atoms with Gasteiger partial charge in [-0.05, 0) is 54.8 Å². The van der Waals surface area contributed by atoms with Crippen LogP contribution in [0.25, 0.3) is 11.4 Å². The summed E-state index contributed by atoms with van der Waals surface area (Å²) in [5.41, 5.74) is 1.44. The monoisotopic (exact) mass is 469 g/mol. The largest absolute Gasteiger partial charge is 0.497 e. The second-order valence-electron chi connectivity index (χ2n) is 8.75. The van der Waals surface area contributed by atoms with Crippen LogP contribution in [-0.4, -0.2) is 51.3 Å². The zero-order valence-corrected chi connectivity index (χ0v) is 19.1. The number of nitrogens with zero attached hydrogens (tertiary/aromatic N) is 4. The minimum Gasteiger partial charge on any atom is -0.497 e. The number of hydrogen-bond donors (Lipinski definition) is 1. The summed E-state index contributed by atoms with van der Waals surface area (Å²) in [6.45, 7) is 2.41. The second-order valence-corrected chi connectivity index (χ2v) is 9.16. The summed E-state index contributed by atoms with van der Waals surface area (Å²) in [7, 11) is 1.63. The molecular weight excluding hydrogens is 445 g/mol. The molecule has 0 saturated carbocycles. The Morgan fingerprint density at radius 1 is 1.18 bits per heavy atom. The molecule has 2 aromatic carbocycles. The number of piperidine rings is 1. The van der Waals surface area contributed by atoms with Gasteiger partial charge in [0.1, 0.15) is 23.9 Å². The van der Waals surface area contributed by atoms with Crippen molar-refractivity contribution in [1.82, 2.24) is 25.0 Å². The summed E-state index contributed by atoms with van der Waals surface area (Å²) < 4.78 is 20.3. The Morgan fingerprint density at radius 2 is 1.94 bits per heavy atom. The standard InChI is InChI=1S/C24H25ClFN5O2/c1-33-19-6-3-16(4-7-19)23-27-21-13-24(28-22(32)15-31(21)29-23)8-10-30(11-9-24)14-17-2-5-18(26)12-20(17)25/h2-7,12H,8-11,13-15H2,1H3,(H,28,32). The van der Waals surface area contributed by atoms with Crippen LogP contribution < -0.4 is 10.1 Å². The van der Waals surface area contributed by atoms with Gasteiger partial charge in [-0.3, -0.25) is 9.69 Å². The van der Waals surface area contributed by atoms with Crippen LogP contribution in [0.1, 0.15) is 24.2 Å². The Labute approximate surface area is 196 Å². The van der Waals surface area contributed by atoms with Crippen molar-refractivity contribution in [2.24, 2.45) is 0 Å². The average Bonchev–Trinajstić information content (AvgIpc) is 3.13. The molecule has 3 aromatic rings. The Kier molecular flexibility index (Phi) is 5.80. The van der Waals surface area contributed by atoms with E-state index in [1.807, 2.05) is 24.3 Å². The lowest BCUT2D eigenvalue weighted by atomic mass is 9.84. The maximum absolute atomic E-state index is 13.3. The van der Waals surface area contributed by atoms with E-state index < -0.39 is 0 Å². The van der Waals surface area contributed by atoms with Crippen LogP contribution in [0.15, 0.2) is 42.5 Å². The van der Waals surface area contributed by atoms with Gasteiger partial charge in [-0.2, -0.15) is 5.10 Å². The van der Waals surface area contributed by atoms with E-state index in [2.05, 4.69) is 15.3 Å². The topological polar surface area (TPSA) is 72.3 Å². The molecule has 7 nitrogen and oxygen atoms in total. The van der Waals surface area contributed by atoms with E-state index in [0.29, 0.717) is 23.8 Å². The van der Waals surface area contributed by atoms with E-state index in [9.17, 15) is 9.18 Å². The average molecular weight is 470 g/mol. The van der Waals surface area contributed by atoms with Gasteiger partial charge in [0.05, 0.1) is 7.11 Å². The molecule has 0 atom stereocenters. The molecule has 1 aromatic heterocycles. The van der Waals surface area contributed by atoms with Gasteiger partial charge < -0.3 is 10.1 Å². The fourth-order valence-electron chi connectivity index (χ4n) is 4.64. The number of carbonyl (C=O) groups is 1. The number of aromatic nitrogens is 3. The van der Waals surface area contributed by atoms with Crippen LogP contribution in [0.4, 0.5) is 4.39 Å². The molecule has 3 heterocycles. The molecule has 1 N–H and O–H groups in total. The molecule has 172 valence electrons. The maximum Gasteiger partial charge on any atom is 0.242 e. The zero-order chi connectivity index (χ0) is 23.0. The van der Waals surface area contributed by atoms with E-state index in [-0.39, 0.29) is 23.8 Å². The highest BCUT2D eigenvalue weighted by Crippen LogP contribution is 2.31. The first-order chi connectivity index (χ1) is 15.9. The molecule has 0 aliphatic carbocycles. The van der Waals surface area contributed by atoms with Crippen LogP contribution in [0.3, 0.4) is 0 Å². The highest BCUT2D eigenvalue weighted by Gasteiger charge is 2.40. The first-order valence-corrected chi connectivity index (χ1v) is 11.4. The second kappa shape index (κ2) is 8.76. The third-order valence-electron chi connectivity index (χ3n) is 6.51. The highest BCUT2D eigenvalue weighted by atomic mass is 35.5. The first kappa shape index (κ1) is 21.9. The van der Waals surface area contributed by atoms with Crippen molar-refractivity contribution >= 4 is 17.5 Å². The van der Waals surface area contributed by atoms with Gasteiger partial charge in [-0.15, -0.1) is 0 Å². The third-order valence-corrected chi connectivity index (χ3v) is 6.87. The van der Waals surface area contributed by atoms with Crippen molar-refractivity contribution < 1.29 is 13.9 Å². The smallest absolute Gasteiger partial charge is 0.242 e. The van der Waals surface area contributed by atoms with E-state index in [0.717, 1.165) is 48.6 Å². The number of likely N-dealkylation sites (tertiary alicyclic amines) is 1. The van der Waals surface area contributed by atoms with Crippen molar-refractivity contribution in [2.75, 3.05) is 20.2 Å². The van der Waals surface area contributed by atoms with Gasteiger partial charge in [0.2, 0.25) is 5.91 Å². The van der Waals surface area contributed by atoms with Crippen molar-refractivity contribution in [2.45, 2.75) is 37.9 Å². The minimum absolute atomic E-state index is 0.0463. The van der Waals surface area contributed by atoms with E-state index in [1.54, 1.807) is 17.9 Å². The molecule has 33 heavy (non-hydrogen) atoms. The summed E-state index contributed by atoms with van der Waals surface area (Å²) in [5.74, 6) is 1.82. The normalized spacial score (nSPS) is 18.0. The lowest BCUT2D eigenvalue weighted by Crippen LogP contribution is -2.56. The highest BCUT2D eigenvalue weighted by molar-refractivity contribution is 6.31. The SMILES string of the molecule is COc1ccc(-c2nc3n(n2)CC(=O)NC2(CCN(Cc4ccc(F)cc4Cl)CC2)C3)cc1. The Morgan fingerprint density at radius 3 is 2.64 bits per heavy atom. The number of fused-ring (bicyclic) bond motifs is 1. The Balaban J connectivity index is 1.31. The van der Waals surface area contributed by atoms with Gasteiger partial charge in [0.25, 0.3) is 0 Å². The van der Waals surface area contributed by atoms with Gasteiger partial charge >= 0.3 is 0 Å². The van der Waals surface area contributed by atoms with Crippen molar-refractivity contribution in [1.29, 1.82) is 0 Å². The number of carbonyl (C=O) groups excluding carboxylic acids is 1. The summed E-state index contributed by atoms with van der Waals surface area (Å²) in [5, 5.41) is 8.29. The van der Waals surface area contributed by atoms with Gasteiger partial charge in [0, 0.05) is 42.2 Å². The minimum atomic E-state index is -0.349. The Hall–Kier alpha value is -2.97. The van der Waals surface area contributed by atoms with Crippen LogP contribution in [-0.2, 0) is 24.3 Å². The number of nitrogens with one attached hydrogen (secondary N) is 1. The molecule has 1 saturated heterocycles. The molecule has 1 fully saturated rings. The van der Waals surface area contributed by atoms with Crippen molar-refractivity contribution in [3.63, 3.8) is 0 Å². The van der Waals surface area contributed by atoms with Crippen molar-refractivity contribution in [3.8, 4) is 17.1 Å². The van der Waals surface area contributed by atoms with Crippen LogP contribution >= 0.6 is 11.6 Å². The molecule has 9 heteroatoms. The lowest BCUT2D eigenvalue weighted by molar-refractivity contribution is -0.123. The summed E-state index contributed by atoms with van der Waals surface area (Å²) in [4.78, 5) is 19.8. The predicted octanol–water partition coefficient (Wildman–Crippen LogP) is 3.45. The van der Waals surface area contributed by atoms with Gasteiger partial charge in [0.15, 0.2) is 5.82 Å². The van der Waals surface area contributed by atoms with E-state index >= 15 is 0 Å². The number of amides is 1. The Bertz CT molecular complexity index is 1170. The van der Waals surface area contributed by atoms with E-state index in [1.165, 1.54) is 12.1 Å². The van der Waals surface area contributed by atoms with Gasteiger partial charge in [-0.1, -0.05) is 17.7 Å². The predicted molar refractivity (Wildman–Crippen MR) is 123 cm³/mol. The molecular formula is C24H25ClFN5O2. The first-order valence-electron chi connectivity index (χ1n) is 11.0.